The number of halogens is 3. The lowest BCUT2D eigenvalue weighted by atomic mass is 9.77. The minimum absolute atomic E-state index is 0.152. The van der Waals surface area contributed by atoms with Crippen LogP contribution in [0, 0.1) is 5.41 Å². The molecule has 0 unspecified atom stereocenters. The van der Waals surface area contributed by atoms with E-state index >= 15 is 0 Å². The van der Waals surface area contributed by atoms with E-state index in [-0.39, 0.29) is 31.3 Å². The molecule has 1 spiro atoms. The Morgan fingerprint density at radius 1 is 1.21 bits per heavy atom. The fourth-order valence-electron chi connectivity index (χ4n) is 2.96. The Morgan fingerprint density at radius 3 is 2.21 bits per heavy atom. The van der Waals surface area contributed by atoms with E-state index in [4.69, 9.17) is 0 Å². The number of alkyl halides is 3. The number of hydrogen-bond acceptors (Lipinski definition) is 3. The van der Waals surface area contributed by atoms with Gasteiger partial charge in [-0.25, -0.2) is 0 Å². The van der Waals surface area contributed by atoms with Crippen LogP contribution in [-0.4, -0.2) is 54.0 Å². The summed E-state index contributed by atoms with van der Waals surface area (Å²) in [7, 11) is 0. The van der Waals surface area contributed by atoms with Gasteiger partial charge in [0.15, 0.2) is 0 Å². The first kappa shape index (κ1) is 14.3. The number of hydrogen-bond donors (Lipinski definition) is 0. The standard InChI is InChI=1S/C12H17F3N2O2/c1-2-17-9(18)7-11(10(17)19)3-5-16(6-4-11)8-12(13,14)15/h2-8H2,1H3. The van der Waals surface area contributed by atoms with Crippen LogP contribution < -0.4 is 0 Å². The molecule has 0 aromatic carbocycles. The van der Waals surface area contributed by atoms with Crippen molar-refractivity contribution in [3.63, 3.8) is 0 Å². The molecule has 2 aliphatic heterocycles. The SMILES string of the molecule is CCN1C(=O)CC2(CCN(CC(F)(F)F)CC2)C1=O. The summed E-state index contributed by atoms with van der Waals surface area (Å²) in [5, 5.41) is 0. The van der Waals surface area contributed by atoms with Gasteiger partial charge in [0.2, 0.25) is 11.8 Å². The molecule has 108 valence electrons. The highest BCUT2D eigenvalue weighted by atomic mass is 19.4. The van der Waals surface area contributed by atoms with Crippen LogP contribution in [0.3, 0.4) is 0 Å². The van der Waals surface area contributed by atoms with Crippen LogP contribution in [0.2, 0.25) is 0 Å². The minimum Gasteiger partial charge on any atom is -0.295 e. The molecule has 0 aliphatic carbocycles. The molecule has 2 rings (SSSR count). The van der Waals surface area contributed by atoms with Crippen molar-refractivity contribution >= 4 is 11.8 Å². The Kier molecular flexibility index (Phi) is 3.59. The summed E-state index contributed by atoms with van der Waals surface area (Å²) in [5.41, 5.74) is -0.741. The van der Waals surface area contributed by atoms with Crippen LogP contribution in [0.4, 0.5) is 13.2 Å². The van der Waals surface area contributed by atoms with E-state index in [0.29, 0.717) is 19.4 Å². The number of rotatable bonds is 2. The third-order valence-corrected chi connectivity index (χ3v) is 4.02. The van der Waals surface area contributed by atoms with Gasteiger partial charge in [-0.1, -0.05) is 0 Å². The van der Waals surface area contributed by atoms with E-state index < -0.39 is 18.1 Å². The van der Waals surface area contributed by atoms with E-state index in [0.717, 1.165) is 0 Å². The number of piperidine rings is 1. The molecule has 0 bridgehead atoms. The summed E-state index contributed by atoms with van der Waals surface area (Å²) in [4.78, 5) is 26.4. The zero-order valence-electron chi connectivity index (χ0n) is 10.8. The van der Waals surface area contributed by atoms with Gasteiger partial charge in [-0.05, 0) is 32.9 Å². The Morgan fingerprint density at radius 2 is 1.79 bits per heavy atom. The van der Waals surface area contributed by atoms with E-state index in [2.05, 4.69) is 0 Å². The Bertz CT molecular complexity index is 387. The highest BCUT2D eigenvalue weighted by Crippen LogP contribution is 2.42. The maximum Gasteiger partial charge on any atom is 0.401 e. The van der Waals surface area contributed by atoms with Crippen molar-refractivity contribution in [2.75, 3.05) is 26.2 Å². The maximum absolute atomic E-state index is 12.3. The number of nitrogens with zero attached hydrogens (tertiary/aromatic N) is 2. The van der Waals surface area contributed by atoms with E-state index in [1.807, 2.05) is 0 Å². The molecule has 2 amide bonds. The lowest BCUT2D eigenvalue weighted by molar-refractivity contribution is -0.153. The van der Waals surface area contributed by atoms with Gasteiger partial charge in [-0.3, -0.25) is 19.4 Å². The molecule has 0 atom stereocenters. The van der Waals surface area contributed by atoms with Gasteiger partial charge in [0.1, 0.15) is 0 Å². The number of carbonyl (C=O) groups excluding carboxylic acids is 2. The number of amides is 2. The highest BCUT2D eigenvalue weighted by Gasteiger charge is 2.52. The van der Waals surface area contributed by atoms with Crippen molar-refractivity contribution in [2.45, 2.75) is 32.4 Å². The van der Waals surface area contributed by atoms with Gasteiger partial charge in [0.25, 0.3) is 0 Å². The minimum atomic E-state index is -4.21. The molecule has 0 N–H and O–H groups in total. The van der Waals surface area contributed by atoms with E-state index in [1.165, 1.54) is 9.80 Å². The molecule has 0 aromatic heterocycles. The molecule has 4 nitrogen and oxygen atoms in total. The Labute approximate surface area is 109 Å². The Hall–Kier alpha value is -1.11. The van der Waals surface area contributed by atoms with Crippen LogP contribution in [0.1, 0.15) is 26.2 Å². The first-order valence-corrected chi connectivity index (χ1v) is 6.41. The molecule has 0 saturated carbocycles. The van der Waals surface area contributed by atoms with Gasteiger partial charge in [0, 0.05) is 13.0 Å². The second kappa shape index (κ2) is 4.77. The first-order valence-electron chi connectivity index (χ1n) is 6.41. The average Bonchev–Trinajstić information content (AvgIpc) is 2.52. The van der Waals surface area contributed by atoms with Gasteiger partial charge in [-0.2, -0.15) is 13.2 Å². The Balaban J connectivity index is 2.00. The summed E-state index contributed by atoms with van der Waals surface area (Å²) in [6, 6.07) is 0. The lowest BCUT2D eigenvalue weighted by Gasteiger charge is -2.37. The molecule has 2 fully saturated rings. The van der Waals surface area contributed by atoms with Crippen molar-refractivity contribution < 1.29 is 22.8 Å². The summed E-state index contributed by atoms with van der Waals surface area (Å²) in [6.07, 6.45) is -3.39. The topological polar surface area (TPSA) is 40.6 Å². The first-order chi connectivity index (χ1) is 8.77. The summed E-state index contributed by atoms with van der Waals surface area (Å²) in [6.45, 7) is 1.56. The molecule has 0 aromatic rings. The van der Waals surface area contributed by atoms with Gasteiger partial charge >= 0.3 is 6.18 Å². The van der Waals surface area contributed by atoms with Crippen molar-refractivity contribution in [1.82, 2.24) is 9.80 Å². The predicted octanol–water partition coefficient (Wildman–Crippen LogP) is 1.41. The number of imide groups is 1. The van der Waals surface area contributed by atoms with Crippen LogP contribution >= 0.6 is 0 Å². The quantitative estimate of drug-likeness (QED) is 0.717. The molecule has 2 aliphatic rings. The largest absolute Gasteiger partial charge is 0.401 e. The molecule has 2 saturated heterocycles. The normalized spacial score (nSPS) is 24.5. The fraction of sp³-hybridized carbons (Fsp3) is 0.833. The molecule has 7 heteroatoms. The summed E-state index contributed by atoms with van der Waals surface area (Å²) < 4.78 is 36.9. The van der Waals surface area contributed by atoms with Gasteiger partial charge in [-0.15, -0.1) is 0 Å². The number of carbonyl (C=O) groups is 2. The summed E-state index contributed by atoms with van der Waals surface area (Å²) >= 11 is 0. The fourth-order valence-corrected chi connectivity index (χ4v) is 2.96. The maximum atomic E-state index is 12.3. The lowest BCUT2D eigenvalue weighted by Crippen LogP contribution is -2.47. The average molecular weight is 278 g/mol. The second-order valence-corrected chi connectivity index (χ2v) is 5.29. The van der Waals surface area contributed by atoms with Crippen molar-refractivity contribution in [3.05, 3.63) is 0 Å². The van der Waals surface area contributed by atoms with E-state index in [1.54, 1.807) is 6.92 Å². The van der Waals surface area contributed by atoms with Crippen LogP contribution in [-0.2, 0) is 9.59 Å². The third kappa shape index (κ3) is 2.75. The van der Waals surface area contributed by atoms with Crippen molar-refractivity contribution in [2.24, 2.45) is 5.41 Å². The second-order valence-electron chi connectivity index (χ2n) is 5.29. The van der Waals surface area contributed by atoms with Crippen molar-refractivity contribution in [3.8, 4) is 0 Å². The molecular weight excluding hydrogens is 261 g/mol. The smallest absolute Gasteiger partial charge is 0.295 e. The zero-order chi connectivity index (χ0) is 14.3. The molecule has 19 heavy (non-hydrogen) atoms. The van der Waals surface area contributed by atoms with Crippen LogP contribution in [0.25, 0.3) is 0 Å². The molecule has 2 heterocycles. The molecule has 0 radical (unpaired) electrons. The third-order valence-electron chi connectivity index (χ3n) is 4.02. The van der Waals surface area contributed by atoms with E-state index in [9.17, 15) is 22.8 Å². The van der Waals surface area contributed by atoms with Gasteiger partial charge < -0.3 is 0 Å². The molecular formula is C12H17F3N2O2. The summed E-state index contributed by atoms with van der Waals surface area (Å²) in [5.74, 6) is -0.400. The van der Waals surface area contributed by atoms with Crippen LogP contribution in [0.15, 0.2) is 0 Å². The zero-order valence-corrected chi connectivity index (χ0v) is 10.8. The van der Waals surface area contributed by atoms with Gasteiger partial charge in [0.05, 0.1) is 12.0 Å². The number of likely N-dealkylation sites (tertiary alicyclic amines) is 2. The van der Waals surface area contributed by atoms with Crippen LogP contribution in [0.5, 0.6) is 0 Å². The highest BCUT2D eigenvalue weighted by molar-refractivity contribution is 6.05. The predicted molar refractivity (Wildman–Crippen MR) is 61.2 cm³/mol. The monoisotopic (exact) mass is 278 g/mol. The van der Waals surface area contributed by atoms with Crippen molar-refractivity contribution in [1.29, 1.82) is 0 Å².